The summed E-state index contributed by atoms with van der Waals surface area (Å²) in [6, 6.07) is 11.8. The van der Waals surface area contributed by atoms with Crippen molar-refractivity contribution < 1.29 is 22.4 Å². The van der Waals surface area contributed by atoms with E-state index in [0.717, 1.165) is 6.07 Å². The van der Waals surface area contributed by atoms with Crippen LogP contribution >= 0.6 is 0 Å². The second-order valence-corrected chi connectivity index (χ2v) is 7.82. The largest absolute Gasteiger partial charge is 0.350 e. The molecule has 2 aromatic heterocycles. The molecule has 10 heteroatoms. The van der Waals surface area contributed by atoms with Crippen LogP contribution in [0.3, 0.4) is 0 Å². The lowest BCUT2D eigenvalue weighted by Gasteiger charge is -2.17. The third-order valence-electron chi connectivity index (χ3n) is 5.54. The third-order valence-corrected chi connectivity index (χ3v) is 5.54. The molecule has 0 atom stereocenters. The van der Waals surface area contributed by atoms with Crippen molar-refractivity contribution in [1.82, 2.24) is 15.2 Å². The first-order valence-corrected chi connectivity index (χ1v) is 10.1. The van der Waals surface area contributed by atoms with Gasteiger partial charge in [-0.15, -0.1) is 0 Å². The minimum Gasteiger partial charge on any atom is -0.350 e. The smallest absolute Gasteiger partial charge is 0.276 e. The zero-order valence-corrected chi connectivity index (χ0v) is 17.1. The number of rotatable bonds is 4. The predicted octanol–water partition coefficient (Wildman–Crippen LogP) is 5.00. The van der Waals surface area contributed by atoms with Crippen molar-refractivity contribution in [2.45, 2.75) is 12.3 Å². The Kier molecular flexibility index (Phi) is 4.99. The van der Waals surface area contributed by atoms with Gasteiger partial charge in [0.15, 0.2) is 17.3 Å². The van der Waals surface area contributed by atoms with Gasteiger partial charge < -0.3 is 10.2 Å². The molecule has 6 nitrogen and oxygen atoms in total. The molecule has 1 amide bonds. The van der Waals surface area contributed by atoms with Crippen molar-refractivity contribution in [2.24, 2.45) is 0 Å². The number of H-pyrrole nitrogens is 1. The van der Waals surface area contributed by atoms with Gasteiger partial charge in [-0.25, -0.2) is 22.5 Å². The Morgan fingerprint density at radius 3 is 2.70 bits per heavy atom. The van der Waals surface area contributed by atoms with E-state index >= 15 is 0 Å². The lowest BCUT2D eigenvalue weighted by atomic mass is 10.0. The number of aromatic amines is 1. The number of anilines is 2. The number of alkyl halides is 2. The summed E-state index contributed by atoms with van der Waals surface area (Å²) >= 11 is 0. The summed E-state index contributed by atoms with van der Waals surface area (Å²) in [5.41, 5.74) is 1.43. The van der Waals surface area contributed by atoms with Crippen LogP contribution in [0.1, 0.15) is 16.9 Å². The molecule has 1 saturated heterocycles. The van der Waals surface area contributed by atoms with Gasteiger partial charge in [-0.1, -0.05) is 18.2 Å². The molecule has 5 rings (SSSR count). The Morgan fingerprint density at radius 2 is 1.97 bits per heavy atom. The fraction of sp³-hybridized carbons (Fsp3) is 0.174. The molecule has 1 aliphatic heterocycles. The number of hydrogen-bond donors (Lipinski definition) is 2. The molecular formula is C23H17F4N5O. The molecule has 0 radical (unpaired) electrons. The first kappa shape index (κ1) is 20.9. The maximum absolute atomic E-state index is 14.2. The van der Waals surface area contributed by atoms with Gasteiger partial charge in [0.1, 0.15) is 5.82 Å². The van der Waals surface area contributed by atoms with Gasteiger partial charge in [-0.2, -0.15) is 5.10 Å². The summed E-state index contributed by atoms with van der Waals surface area (Å²) in [5.74, 6) is -4.82. The number of fused-ring (bicyclic) bond motifs is 1. The van der Waals surface area contributed by atoms with Gasteiger partial charge in [-0.3, -0.25) is 9.89 Å². The topological polar surface area (TPSA) is 73.9 Å². The van der Waals surface area contributed by atoms with Gasteiger partial charge in [0.2, 0.25) is 0 Å². The number of nitrogens with zero attached hydrogens (tertiary/aromatic N) is 3. The molecule has 0 bridgehead atoms. The lowest BCUT2D eigenvalue weighted by Crippen LogP contribution is -2.25. The summed E-state index contributed by atoms with van der Waals surface area (Å²) in [4.78, 5) is 18.5. The van der Waals surface area contributed by atoms with Crippen LogP contribution in [0.2, 0.25) is 0 Å². The average molecular weight is 455 g/mol. The SMILES string of the molecule is O=C(Nc1ccc(N2CCC(F)(F)C2)nc1)c1n[nH]c2ccc(-c3cccc(F)c3F)cc12. The van der Waals surface area contributed by atoms with Crippen LogP contribution in [-0.2, 0) is 0 Å². The third kappa shape index (κ3) is 3.99. The number of aromatic nitrogens is 3. The minimum atomic E-state index is -2.73. The van der Waals surface area contributed by atoms with Crippen molar-refractivity contribution in [1.29, 1.82) is 0 Å². The zero-order chi connectivity index (χ0) is 23.2. The molecule has 1 aliphatic rings. The molecule has 168 valence electrons. The molecule has 1 fully saturated rings. The van der Waals surface area contributed by atoms with Crippen LogP contribution in [0.15, 0.2) is 54.7 Å². The maximum atomic E-state index is 14.2. The fourth-order valence-corrected chi connectivity index (χ4v) is 3.85. The zero-order valence-electron chi connectivity index (χ0n) is 17.1. The van der Waals surface area contributed by atoms with Crippen molar-refractivity contribution in [2.75, 3.05) is 23.3 Å². The highest BCUT2D eigenvalue weighted by Gasteiger charge is 2.38. The number of halogens is 4. The Labute approximate surface area is 185 Å². The molecule has 0 spiro atoms. The molecule has 0 unspecified atom stereocenters. The summed E-state index contributed by atoms with van der Waals surface area (Å²) < 4.78 is 54.7. The number of hydrogen-bond acceptors (Lipinski definition) is 4. The quantitative estimate of drug-likeness (QED) is 0.425. The molecule has 2 N–H and O–H groups in total. The molecule has 3 heterocycles. The normalized spacial score (nSPS) is 15.2. The lowest BCUT2D eigenvalue weighted by molar-refractivity contribution is 0.0256. The summed E-state index contributed by atoms with van der Waals surface area (Å²) in [6.45, 7) is -0.182. The highest BCUT2D eigenvalue weighted by Crippen LogP contribution is 2.31. The molecule has 4 aromatic rings. The van der Waals surface area contributed by atoms with E-state index in [9.17, 15) is 22.4 Å². The number of amides is 1. The van der Waals surface area contributed by atoms with Crippen LogP contribution in [0.4, 0.5) is 29.1 Å². The highest BCUT2D eigenvalue weighted by molar-refractivity contribution is 6.11. The van der Waals surface area contributed by atoms with Crippen LogP contribution < -0.4 is 10.2 Å². The molecule has 2 aromatic carbocycles. The molecule has 0 saturated carbocycles. The number of pyridine rings is 1. The van der Waals surface area contributed by atoms with E-state index in [1.54, 1.807) is 30.3 Å². The first-order valence-electron chi connectivity index (χ1n) is 10.1. The van der Waals surface area contributed by atoms with E-state index in [2.05, 4.69) is 20.5 Å². The van der Waals surface area contributed by atoms with Crippen LogP contribution in [0.5, 0.6) is 0 Å². The van der Waals surface area contributed by atoms with Crippen molar-refractivity contribution >= 4 is 28.3 Å². The van der Waals surface area contributed by atoms with E-state index < -0.39 is 23.5 Å². The van der Waals surface area contributed by atoms with E-state index in [1.807, 2.05) is 0 Å². The summed E-state index contributed by atoms with van der Waals surface area (Å²) in [5, 5.41) is 9.88. The van der Waals surface area contributed by atoms with Gasteiger partial charge in [0, 0.05) is 23.9 Å². The van der Waals surface area contributed by atoms with Crippen molar-refractivity contribution in [3.05, 3.63) is 72.1 Å². The minimum absolute atomic E-state index is 0.0620. The van der Waals surface area contributed by atoms with Gasteiger partial charge in [0.25, 0.3) is 11.8 Å². The Morgan fingerprint density at radius 1 is 1.12 bits per heavy atom. The van der Waals surface area contributed by atoms with E-state index in [1.165, 1.54) is 23.2 Å². The van der Waals surface area contributed by atoms with Gasteiger partial charge >= 0.3 is 0 Å². The average Bonchev–Trinajstić information content (AvgIpc) is 3.38. The second kappa shape index (κ2) is 7.88. The second-order valence-electron chi connectivity index (χ2n) is 7.82. The highest BCUT2D eigenvalue weighted by atomic mass is 19.3. The number of carbonyl (C=O) groups is 1. The Hall–Kier alpha value is -3.95. The molecular weight excluding hydrogens is 438 g/mol. The Bertz CT molecular complexity index is 1350. The monoisotopic (exact) mass is 455 g/mol. The Balaban J connectivity index is 1.38. The molecule has 33 heavy (non-hydrogen) atoms. The fourth-order valence-electron chi connectivity index (χ4n) is 3.85. The molecule has 0 aliphatic carbocycles. The first-order chi connectivity index (χ1) is 15.8. The van der Waals surface area contributed by atoms with Crippen LogP contribution in [0, 0.1) is 11.6 Å². The number of benzene rings is 2. The van der Waals surface area contributed by atoms with Crippen LogP contribution in [-0.4, -0.2) is 40.1 Å². The van der Waals surface area contributed by atoms with Gasteiger partial charge in [-0.05, 0) is 35.9 Å². The van der Waals surface area contributed by atoms with Crippen molar-refractivity contribution in [3.63, 3.8) is 0 Å². The van der Waals surface area contributed by atoms with E-state index in [0.29, 0.717) is 28.0 Å². The van der Waals surface area contributed by atoms with Gasteiger partial charge in [0.05, 0.1) is 23.9 Å². The van der Waals surface area contributed by atoms with E-state index in [-0.39, 0.29) is 30.8 Å². The van der Waals surface area contributed by atoms with Crippen LogP contribution in [0.25, 0.3) is 22.0 Å². The standard InChI is InChI=1S/C23H17F4N5O/c24-17-3-1-2-15(20(17)25)13-4-6-18-16(10-13)21(31-30-18)22(33)29-14-5-7-19(28-11-14)32-9-8-23(26,27)12-32/h1-7,10-11H,8-9,12H2,(H,29,33)(H,30,31). The number of nitrogens with one attached hydrogen (secondary N) is 2. The predicted molar refractivity (Wildman–Crippen MR) is 115 cm³/mol. The summed E-state index contributed by atoms with van der Waals surface area (Å²) in [6.07, 6.45) is 1.16. The van der Waals surface area contributed by atoms with E-state index in [4.69, 9.17) is 0 Å². The summed E-state index contributed by atoms with van der Waals surface area (Å²) in [7, 11) is 0. The van der Waals surface area contributed by atoms with Crippen molar-refractivity contribution in [3.8, 4) is 11.1 Å². The maximum Gasteiger partial charge on any atom is 0.276 e. The number of carbonyl (C=O) groups excluding carboxylic acids is 1.